The third-order valence-corrected chi connectivity index (χ3v) is 4.27. The van der Waals surface area contributed by atoms with E-state index in [9.17, 15) is 4.79 Å². The molecule has 2 rings (SSSR count). The Kier molecular flexibility index (Phi) is 4.99. The third-order valence-electron chi connectivity index (χ3n) is 3.01. The van der Waals surface area contributed by atoms with Gasteiger partial charge in [0.2, 0.25) is 5.91 Å². The van der Waals surface area contributed by atoms with Gasteiger partial charge < -0.3 is 4.90 Å². The SMILES string of the molecule is Cc1ccsc1CN(C)C(=O)/C=C/c1ccc(Cl)cc1. The van der Waals surface area contributed by atoms with E-state index in [0.29, 0.717) is 11.6 Å². The van der Waals surface area contributed by atoms with Crippen molar-refractivity contribution in [2.75, 3.05) is 7.05 Å². The lowest BCUT2D eigenvalue weighted by atomic mass is 10.2. The molecule has 0 radical (unpaired) electrons. The van der Waals surface area contributed by atoms with Gasteiger partial charge in [-0.3, -0.25) is 4.79 Å². The quantitative estimate of drug-likeness (QED) is 0.768. The lowest BCUT2D eigenvalue weighted by molar-refractivity contribution is -0.125. The third kappa shape index (κ3) is 3.95. The molecule has 2 aromatic rings. The van der Waals surface area contributed by atoms with Crippen LogP contribution in [0.15, 0.2) is 41.8 Å². The van der Waals surface area contributed by atoms with Gasteiger partial charge >= 0.3 is 0 Å². The summed E-state index contributed by atoms with van der Waals surface area (Å²) in [7, 11) is 1.81. The predicted molar refractivity (Wildman–Crippen MR) is 86.0 cm³/mol. The maximum atomic E-state index is 12.0. The molecule has 1 aromatic carbocycles. The number of halogens is 1. The van der Waals surface area contributed by atoms with Crippen LogP contribution in [0.2, 0.25) is 5.02 Å². The zero-order chi connectivity index (χ0) is 14.5. The summed E-state index contributed by atoms with van der Waals surface area (Å²) in [6, 6.07) is 9.46. The van der Waals surface area contributed by atoms with Crippen molar-refractivity contribution < 1.29 is 4.79 Å². The minimum absolute atomic E-state index is 0.00671. The van der Waals surface area contributed by atoms with Gasteiger partial charge in [0, 0.05) is 23.0 Å². The van der Waals surface area contributed by atoms with Crippen LogP contribution in [0.3, 0.4) is 0 Å². The highest BCUT2D eigenvalue weighted by atomic mass is 35.5. The molecule has 1 aromatic heterocycles. The second kappa shape index (κ2) is 6.73. The topological polar surface area (TPSA) is 20.3 Å². The molecule has 20 heavy (non-hydrogen) atoms. The normalized spacial score (nSPS) is 10.9. The van der Waals surface area contributed by atoms with Gasteiger partial charge in [-0.1, -0.05) is 23.7 Å². The van der Waals surface area contributed by atoms with Crippen LogP contribution in [0.4, 0.5) is 0 Å². The first-order valence-corrected chi connectivity index (χ1v) is 7.54. The first-order valence-electron chi connectivity index (χ1n) is 6.28. The van der Waals surface area contributed by atoms with E-state index in [4.69, 9.17) is 11.6 Å². The number of thiophene rings is 1. The Labute approximate surface area is 128 Å². The number of likely N-dealkylation sites (N-methyl/N-ethyl adjacent to an activating group) is 1. The molecule has 1 amide bonds. The maximum absolute atomic E-state index is 12.0. The molecule has 2 nitrogen and oxygen atoms in total. The highest BCUT2D eigenvalue weighted by Gasteiger charge is 2.08. The van der Waals surface area contributed by atoms with Gasteiger partial charge in [-0.05, 0) is 47.7 Å². The number of benzene rings is 1. The van der Waals surface area contributed by atoms with Crippen molar-refractivity contribution in [3.63, 3.8) is 0 Å². The molecule has 0 spiro atoms. The molecule has 0 aliphatic rings. The molecular formula is C16H16ClNOS. The minimum Gasteiger partial charge on any atom is -0.337 e. The fourth-order valence-corrected chi connectivity index (χ4v) is 2.81. The number of rotatable bonds is 4. The van der Waals surface area contributed by atoms with Crippen LogP contribution >= 0.6 is 22.9 Å². The van der Waals surface area contributed by atoms with E-state index in [1.54, 1.807) is 28.4 Å². The van der Waals surface area contributed by atoms with E-state index < -0.39 is 0 Å². The number of nitrogens with zero attached hydrogens (tertiary/aromatic N) is 1. The largest absolute Gasteiger partial charge is 0.337 e. The Morgan fingerprint density at radius 3 is 2.60 bits per heavy atom. The summed E-state index contributed by atoms with van der Waals surface area (Å²) in [5.74, 6) is -0.00671. The summed E-state index contributed by atoms with van der Waals surface area (Å²) in [4.78, 5) is 15.0. The number of carbonyl (C=O) groups is 1. The molecule has 0 fully saturated rings. The van der Waals surface area contributed by atoms with Crippen LogP contribution in [0.5, 0.6) is 0 Å². The highest BCUT2D eigenvalue weighted by molar-refractivity contribution is 7.10. The van der Waals surface area contributed by atoms with Crippen LogP contribution in [-0.4, -0.2) is 17.9 Å². The fourth-order valence-electron chi connectivity index (χ4n) is 1.73. The van der Waals surface area contributed by atoms with Crippen molar-refractivity contribution in [3.05, 3.63) is 62.8 Å². The second-order valence-corrected chi connectivity index (χ2v) is 6.04. The lowest BCUT2D eigenvalue weighted by Gasteiger charge is -2.14. The van der Waals surface area contributed by atoms with Gasteiger partial charge in [-0.2, -0.15) is 0 Å². The number of hydrogen-bond donors (Lipinski definition) is 0. The summed E-state index contributed by atoms with van der Waals surface area (Å²) in [5, 5.41) is 2.74. The number of carbonyl (C=O) groups excluding carboxylic acids is 1. The molecular weight excluding hydrogens is 290 g/mol. The number of hydrogen-bond acceptors (Lipinski definition) is 2. The molecule has 0 bridgehead atoms. The van der Waals surface area contributed by atoms with Crippen LogP contribution in [0, 0.1) is 6.92 Å². The summed E-state index contributed by atoms with van der Waals surface area (Å²) < 4.78 is 0. The zero-order valence-corrected chi connectivity index (χ0v) is 13.0. The molecule has 0 unspecified atom stereocenters. The highest BCUT2D eigenvalue weighted by Crippen LogP contribution is 2.17. The van der Waals surface area contributed by atoms with E-state index in [1.807, 2.05) is 36.7 Å². The first-order chi connectivity index (χ1) is 9.56. The van der Waals surface area contributed by atoms with E-state index >= 15 is 0 Å². The van der Waals surface area contributed by atoms with Gasteiger partial charge in [0.25, 0.3) is 0 Å². The summed E-state index contributed by atoms with van der Waals surface area (Å²) in [5.41, 5.74) is 2.19. The van der Waals surface area contributed by atoms with Crippen LogP contribution in [-0.2, 0) is 11.3 Å². The second-order valence-electron chi connectivity index (χ2n) is 4.61. The summed E-state index contributed by atoms with van der Waals surface area (Å²) >= 11 is 7.50. The summed E-state index contributed by atoms with van der Waals surface area (Å²) in [6.07, 6.45) is 3.39. The first kappa shape index (κ1) is 14.8. The summed E-state index contributed by atoms with van der Waals surface area (Å²) in [6.45, 7) is 2.71. The van der Waals surface area contributed by atoms with Gasteiger partial charge in [0.05, 0.1) is 6.54 Å². The smallest absolute Gasteiger partial charge is 0.246 e. The average Bonchev–Trinajstić information content (AvgIpc) is 2.83. The number of aryl methyl sites for hydroxylation is 1. The molecule has 4 heteroatoms. The van der Waals surface area contributed by atoms with E-state index in [2.05, 4.69) is 13.0 Å². The maximum Gasteiger partial charge on any atom is 0.246 e. The van der Waals surface area contributed by atoms with Crippen LogP contribution in [0.25, 0.3) is 6.08 Å². The fraction of sp³-hybridized carbons (Fsp3) is 0.188. The molecule has 0 aliphatic heterocycles. The van der Waals surface area contributed by atoms with Crippen molar-refractivity contribution in [2.45, 2.75) is 13.5 Å². The Balaban J connectivity index is 1.97. The predicted octanol–water partition coefficient (Wildman–Crippen LogP) is 4.38. The van der Waals surface area contributed by atoms with Crippen molar-refractivity contribution in [2.24, 2.45) is 0 Å². The Bertz CT molecular complexity index is 616. The molecule has 0 aliphatic carbocycles. The van der Waals surface area contributed by atoms with Crippen molar-refractivity contribution in [1.29, 1.82) is 0 Å². The van der Waals surface area contributed by atoms with Crippen molar-refractivity contribution in [3.8, 4) is 0 Å². The Morgan fingerprint density at radius 2 is 2.00 bits per heavy atom. The van der Waals surface area contributed by atoms with Crippen molar-refractivity contribution in [1.82, 2.24) is 4.90 Å². The van der Waals surface area contributed by atoms with E-state index in [-0.39, 0.29) is 5.91 Å². The Morgan fingerprint density at radius 1 is 1.30 bits per heavy atom. The zero-order valence-electron chi connectivity index (χ0n) is 11.5. The average molecular weight is 306 g/mol. The van der Waals surface area contributed by atoms with Crippen LogP contribution in [0.1, 0.15) is 16.0 Å². The minimum atomic E-state index is -0.00671. The van der Waals surface area contributed by atoms with Crippen LogP contribution < -0.4 is 0 Å². The molecule has 1 heterocycles. The van der Waals surface area contributed by atoms with Gasteiger partial charge in [-0.25, -0.2) is 0 Å². The molecule has 0 N–H and O–H groups in total. The van der Waals surface area contributed by atoms with Gasteiger partial charge in [-0.15, -0.1) is 11.3 Å². The lowest BCUT2D eigenvalue weighted by Crippen LogP contribution is -2.23. The van der Waals surface area contributed by atoms with Gasteiger partial charge in [0.1, 0.15) is 0 Å². The monoisotopic (exact) mass is 305 g/mol. The molecule has 0 atom stereocenters. The molecule has 0 saturated carbocycles. The van der Waals surface area contributed by atoms with E-state index in [1.165, 1.54) is 10.4 Å². The van der Waals surface area contributed by atoms with Crippen molar-refractivity contribution >= 4 is 34.9 Å². The standard InChI is InChI=1S/C16H16ClNOS/c1-12-9-10-20-15(12)11-18(2)16(19)8-5-13-3-6-14(17)7-4-13/h3-10H,11H2,1-2H3/b8-5+. The van der Waals surface area contributed by atoms with Gasteiger partial charge in [0.15, 0.2) is 0 Å². The Hall–Kier alpha value is -1.58. The molecule has 104 valence electrons. The van der Waals surface area contributed by atoms with E-state index in [0.717, 1.165) is 5.56 Å². The molecule has 0 saturated heterocycles. The number of amides is 1.